The van der Waals surface area contributed by atoms with Crippen molar-refractivity contribution in [2.45, 2.75) is 6.54 Å². The van der Waals surface area contributed by atoms with E-state index in [0.717, 1.165) is 5.56 Å². The third-order valence-corrected chi connectivity index (χ3v) is 2.78. The zero-order valence-electron chi connectivity index (χ0n) is 11.3. The third-order valence-electron chi connectivity index (χ3n) is 2.78. The van der Waals surface area contributed by atoms with E-state index in [0.29, 0.717) is 12.2 Å². The van der Waals surface area contributed by atoms with Crippen molar-refractivity contribution in [2.24, 2.45) is 0 Å². The number of amides is 1. The molecule has 0 atom stereocenters. The van der Waals surface area contributed by atoms with Gasteiger partial charge >= 0.3 is 5.97 Å². The normalized spacial score (nSPS) is 10.3. The first-order chi connectivity index (χ1) is 9.47. The van der Waals surface area contributed by atoms with E-state index in [2.05, 4.69) is 5.10 Å². The number of carbonyl (C=O) groups excluding carboxylic acids is 1. The Morgan fingerprint density at radius 3 is 2.70 bits per heavy atom. The van der Waals surface area contributed by atoms with E-state index in [1.165, 1.54) is 11.0 Å². The predicted octanol–water partition coefficient (Wildman–Crippen LogP) is 1.33. The summed E-state index contributed by atoms with van der Waals surface area (Å²) in [6.07, 6.45) is 1.70. The van der Waals surface area contributed by atoms with Gasteiger partial charge in [-0.2, -0.15) is 5.10 Å². The summed E-state index contributed by atoms with van der Waals surface area (Å²) >= 11 is 0. The maximum atomic E-state index is 11.7. The second-order valence-corrected chi connectivity index (χ2v) is 4.60. The molecule has 1 heterocycles. The summed E-state index contributed by atoms with van der Waals surface area (Å²) in [7, 11) is 3.33. The number of rotatable bonds is 4. The van der Waals surface area contributed by atoms with Gasteiger partial charge in [0.1, 0.15) is 5.69 Å². The van der Waals surface area contributed by atoms with Crippen molar-refractivity contribution in [3.8, 4) is 0 Å². The van der Waals surface area contributed by atoms with E-state index in [9.17, 15) is 9.59 Å². The molecule has 1 N–H and O–H groups in total. The average Bonchev–Trinajstić information content (AvgIpc) is 2.86. The molecule has 0 fully saturated rings. The molecule has 0 aliphatic heterocycles. The smallest absolute Gasteiger partial charge is 0.335 e. The van der Waals surface area contributed by atoms with E-state index >= 15 is 0 Å². The average molecular weight is 273 g/mol. The standard InChI is InChI=1S/C14H15N3O3/c1-16(2)13(18)12-6-7-17(15-12)9-10-4-3-5-11(8-10)14(19)20/h3-8H,9H2,1-2H3,(H,19,20). The van der Waals surface area contributed by atoms with Gasteiger partial charge in [0.2, 0.25) is 0 Å². The molecule has 0 aliphatic rings. The van der Waals surface area contributed by atoms with Crippen molar-refractivity contribution in [1.82, 2.24) is 14.7 Å². The molecular weight excluding hydrogens is 258 g/mol. The van der Waals surface area contributed by atoms with Crippen molar-refractivity contribution in [3.63, 3.8) is 0 Å². The molecule has 0 unspecified atom stereocenters. The number of aromatic carboxylic acids is 1. The summed E-state index contributed by atoms with van der Waals surface area (Å²) in [6, 6.07) is 8.28. The monoisotopic (exact) mass is 273 g/mol. The Labute approximate surface area is 116 Å². The summed E-state index contributed by atoms with van der Waals surface area (Å²) in [6.45, 7) is 0.418. The molecule has 2 aromatic rings. The Hall–Kier alpha value is -2.63. The lowest BCUT2D eigenvalue weighted by Gasteiger charge is -2.07. The van der Waals surface area contributed by atoms with Gasteiger partial charge in [0.05, 0.1) is 12.1 Å². The highest BCUT2D eigenvalue weighted by molar-refractivity contribution is 5.91. The maximum absolute atomic E-state index is 11.7. The molecule has 20 heavy (non-hydrogen) atoms. The molecule has 0 saturated carbocycles. The summed E-state index contributed by atoms with van der Waals surface area (Å²) in [5, 5.41) is 13.1. The lowest BCUT2D eigenvalue weighted by molar-refractivity contribution is 0.0696. The van der Waals surface area contributed by atoms with E-state index in [1.807, 2.05) is 6.07 Å². The predicted molar refractivity (Wildman–Crippen MR) is 72.7 cm³/mol. The maximum Gasteiger partial charge on any atom is 0.335 e. The van der Waals surface area contributed by atoms with Crippen LogP contribution in [-0.2, 0) is 6.54 Å². The SMILES string of the molecule is CN(C)C(=O)c1ccn(Cc2cccc(C(=O)O)c2)n1. The van der Waals surface area contributed by atoms with Crippen LogP contribution in [-0.4, -0.2) is 45.8 Å². The zero-order chi connectivity index (χ0) is 14.7. The van der Waals surface area contributed by atoms with Gasteiger partial charge in [0.15, 0.2) is 0 Å². The highest BCUT2D eigenvalue weighted by Crippen LogP contribution is 2.08. The number of carboxylic acids is 1. The molecular formula is C14H15N3O3. The highest BCUT2D eigenvalue weighted by Gasteiger charge is 2.11. The molecule has 0 aliphatic carbocycles. The van der Waals surface area contributed by atoms with Gasteiger partial charge in [-0.05, 0) is 23.8 Å². The molecule has 0 spiro atoms. The van der Waals surface area contributed by atoms with Crippen molar-refractivity contribution >= 4 is 11.9 Å². The van der Waals surface area contributed by atoms with Crippen LogP contribution in [0.1, 0.15) is 26.4 Å². The van der Waals surface area contributed by atoms with Gasteiger partial charge in [-0.15, -0.1) is 0 Å². The van der Waals surface area contributed by atoms with Gasteiger partial charge in [-0.1, -0.05) is 12.1 Å². The Bertz CT molecular complexity index is 647. The summed E-state index contributed by atoms with van der Waals surface area (Å²) in [4.78, 5) is 24.1. The lowest BCUT2D eigenvalue weighted by atomic mass is 10.1. The molecule has 6 heteroatoms. The molecule has 104 valence electrons. The van der Waals surface area contributed by atoms with Crippen LogP contribution in [0.4, 0.5) is 0 Å². The van der Waals surface area contributed by atoms with E-state index in [-0.39, 0.29) is 11.5 Å². The Balaban J connectivity index is 2.16. The first kappa shape index (κ1) is 13.8. The van der Waals surface area contributed by atoms with Crippen LogP contribution in [0.3, 0.4) is 0 Å². The first-order valence-corrected chi connectivity index (χ1v) is 6.04. The number of benzene rings is 1. The van der Waals surface area contributed by atoms with Crippen LogP contribution in [0.5, 0.6) is 0 Å². The van der Waals surface area contributed by atoms with Gasteiger partial charge in [-0.3, -0.25) is 9.48 Å². The first-order valence-electron chi connectivity index (χ1n) is 6.04. The number of carboxylic acid groups (broad SMARTS) is 1. The quantitative estimate of drug-likeness (QED) is 0.912. The molecule has 1 amide bonds. The fourth-order valence-corrected chi connectivity index (χ4v) is 1.78. The summed E-state index contributed by atoms with van der Waals surface area (Å²) in [5.41, 5.74) is 1.42. The zero-order valence-corrected chi connectivity index (χ0v) is 11.3. The number of hydrogen-bond acceptors (Lipinski definition) is 3. The minimum absolute atomic E-state index is 0.164. The summed E-state index contributed by atoms with van der Waals surface area (Å²) < 4.78 is 1.61. The van der Waals surface area contributed by atoms with Gasteiger partial charge in [0.25, 0.3) is 5.91 Å². The number of carbonyl (C=O) groups is 2. The van der Waals surface area contributed by atoms with Crippen molar-refractivity contribution < 1.29 is 14.7 Å². The molecule has 2 rings (SSSR count). The van der Waals surface area contributed by atoms with Crippen molar-refractivity contribution in [2.75, 3.05) is 14.1 Å². The Morgan fingerprint density at radius 1 is 1.30 bits per heavy atom. The van der Waals surface area contributed by atoms with Crippen LogP contribution >= 0.6 is 0 Å². The fraction of sp³-hybridized carbons (Fsp3) is 0.214. The highest BCUT2D eigenvalue weighted by atomic mass is 16.4. The largest absolute Gasteiger partial charge is 0.478 e. The number of hydrogen-bond donors (Lipinski definition) is 1. The second kappa shape index (κ2) is 5.56. The molecule has 6 nitrogen and oxygen atoms in total. The summed E-state index contributed by atoms with van der Waals surface area (Å²) in [5.74, 6) is -1.13. The van der Waals surface area contributed by atoms with Gasteiger partial charge < -0.3 is 10.0 Å². The van der Waals surface area contributed by atoms with Crippen LogP contribution < -0.4 is 0 Å². The fourth-order valence-electron chi connectivity index (χ4n) is 1.78. The van der Waals surface area contributed by atoms with E-state index in [4.69, 9.17) is 5.11 Å². The van der Waals surface area contributed by atoms with E-state index in [1.54, 1.807) is 43.2 Å². The minimum Gasteiger partial charge on any atom is -0.478 e. The van der Waals surface area contributed by atoms with Crippen molar-refractivity contribution in [1.29, 1.82) is 0 Å². The molecule has 1 aromatic heterocycles. The molecule has 1 aromatic carbocycles. The molecule has 0 bridgehead atoms. The van der Waals surface area contributed by atoms with Gasteiger partial charge in [0, 0.05) is 20.3 Å². The lowest BCUT2D eigenvalue weighted by Crippen LogP contribution is -2.22. The molecule has 0 radical (unpaired) electrons. The van der Waals surface area contributed by atoms with Crippen LogP contribution in [0.25, 0.3) is 0 Å². The minimum atomic E-state index is -0.962. The van der Waals surface area contributed by atoms with Crippen molar-refractivity contribution in [3.05, 3.63) is 53.3 Å². The van der Waals surface area contributed by atoms with Crippen LogP contribution in [0, 0.1) is 0 Å². The Kier molecular flexibility index (Phi) is 3.84. The van der Waals surface area contributed by atoms with Gasteiger partial charge in [-0.25, -0.2) is 4.79 Å². The molecule has 0 saturated heterocycles. The Morgan fingerprint density at radius 2 is 2.05 bits per heavy atom. The second-order valence-electron chi connectivity index (χ2n) is 4.60. The number of aromatic nitrogens is 2. The third kappa shape index (κ3) is 3.03. The topological polar surface area (TPSA) is 75.4 Å². The van der Waals surface area contributed by atoms with Crippen LogP contribution in [0.2, 0.25) is 0 Å². The van der Waals surface area contributed by atoms with Crippen LogP contribution in [0.15, 0.2) is 36.5 Å². The number of nitrogens with zero attached hydrogens (tertiary/aromatic N) is 3. The van der Waals surface area contributed by atoms with E-state index < -0.39 is 5.97 Å².